The number of carbonyl (C=O) groups excluding carboxylic acids is 1. The van der Waals surface area contributed by atoms with Gasteiger partial charge in [0.25, 0.3) is 5.91 Å². The minimum absolute atomic E-state index is 0.0350. The summed E-state index contributed by atoms with van der Waals surface area (Å²) in [6, 6.07) is 15.0. The molecule has 1 heterocycles. The van der Waals surface area contributed by atoms with E-state index >= 15 is 0 Å². The van der Waals surface area contributed by atoms with E-state index in [1.54, 1.807) is 18.2 Å². The van der Waals surface area contributed by atoms with Crippen LogP contribution in [0.2, 0.25) is 5.02 Å². The minimum atomic E-state index is -0.672. The third-order valence-corrected chi connectivity index (χ3v) is 4.92. The summed E-state index contributed by atoms with van der Waals surface area (Å²) < 4.78 is 0. The fraction of sp³-hybridized carbons (Fsp3) is 0.238. The molecule has 3 rings (SSSR count). The molecule has 0 aliphatic carbocycles. The number of hydrogen-bond donors (Lipinski definition) is 3. The highest BCUT2D eigenvalue weighted by molar-refractivity contribution is 6.33. The molecule has 8 nitrogen and oxygen atoms in total. The summed E-state index contributed by atoms with van der Waals surface area (Å²) in [6.45, 7) is 3.91. The third kappa shape index (κ3) is 4.77. The number of H-pyrrole nitrogens is 1. The summed E-state index contributed by atoms with van der Waals surface area (Å²) in [7, 11) is 0. The Morgan fingerprint density at radius 3 is 2.63 bits per heavy atom. The van der Waals surface area contributed by atoms with E-state index in [2.05, 4.69) is 20.8 Å². The van der Waals surface area contributed by atoms with Gasteiger partial charge >= 0.3 is 5.69 Å². The van der Waals surface area contributed by atoms with E-state index in [4.69, 9.17) is 11.6 Å². The van der Waals surface area contributed by atoms with Gasteiger partial charge < -0.3 is 10.6 Å². The van der Waals surface area contributed by atoms with Crippen molar-refractivity contribution >= 4 is 34.6 Å². The second kappa shape index (κ2) is 9.41. The highest BCUT2D eigenvalue weighted by Crippen LogP contribution is 2.30. The van der Waals surface area contributed by atoms with E-state index < -0.39 is 10.8 Å². The van der Waals surface area contributed by atoms with Crippen LogP contribution < -0.4 is 10.6 Å². The first-order valence-electron chi connectivity index (χ1n) is 9.54. The molecule has 9 heteroatoms. The zero-order chi connectivity index (χ0) is 21.7. The average Bonchev–Trinajstić information content (AvgIpc) is 3.15. The molecule has 0 aliphatic rings. The van der Waals surface area contributed by atoms with Gasteiger partial charge in [-0.15, -0.1) is 0 Å². The summed E-state index contributed by atoms with van der Waals surface area (Å²) in [5, 5.41) is 24.2. The molecular formula is C21H22ClN5O3. The van der Waals surface area contributed by atoms with Crippen LogP contribution in [-0.2, 0) is 6.42 Å². The lowest BCUT2D eigenvalue weighted by atomic mass is 10.1. The predicted molar refractivity (Wildman–Crippen MR) is 117 cm³/mol. The molecule has 0 spiro atoms. The fourth-order valence-electron chi connectivity index (χ4n) is 3.11. The van der Waals surface area contributed by atoms with E-state index in [9.17, 15) is 14.9 Å². The van der Waals surface area contributed by atoms with Gasteiger partial charge in [-0.2, -0.15) is 5.10 Å². The van der Waals surface area contributed by atoms with E-state index in [1.807, 2.05) is 44.2 Å². The maximum Gasteiger partial charge on any atom is 0.322 e. The van der Waals surface area contributed by atoms with Crippen molar-refractivity contribution in [2.45, 2.75) is 32.7 Å². The molecule has 0 radical (unpaired) electrons. The molecule has 1 atom stereocenters. The first-order chi connectivity index (χ1) is 14.4. The molecule has 30 heavy (non-hydrogen) atoms. The summed E-state index contributed by atoms with van der Waals surface area (Å²) in [6.07, 6.45) is 1.12. The molecule has 3 N–H and O–H groups in total. The molecule has 1 aromatic heterocycles. The Bertz CT molecular complexity index is 1050. The van der Waals surface area contributed by atoms with Gasteiger partial charge in [0.2, 0.25) is 5.69 Å². The van der Waals surface area contributed by atoms with Crippen molar-refractivity contribution in [3.8, 4) is 0 Å². The van der Waals surface area contributed by atoms with Gasteiger partial charge in [0, 0.05) is 11.7 Å². The van der Waals surface area contributed by atoms with Crippen LogP contribution in [0.3, 0.4) is 0 Å². The van der Waals surface area contributed by atoms with Crippen LogP contribution in [0.4, 0.5) is 17.1 Å². The van der Waals surface area contributed by atoms with Crippen LogP contribution in [-0.4, -0.2) is 21.0 Å². The van der Waals surface area contributed by atoms with E-state index in [0.29, 0.717) is 34.9 Å². The summed E-state index contributed by atoms with van der Waals surface area (Å²) >= 11 is 6.37. The highest BCUT2D eigenvalue weighted by atomic mass is 35.5. The van der Waals surface area contributed by atoms with Crippen molar-refractivity contribution in [2.24, 2.45) is 0 Å². The van der Waals surface area contributed by atoms with Crippen molar-refractivity contribution in [1.29, 1.82) is 0 Å². The highest BCUT2D eigenvalue weighted by Gasteiger charge is 2.28. The summed E-state index contributed by atoms with van der Waals surface area (Å²) in [5.74, 6) is -0.672. The van der Waals surface area contributed by atoms with Crippen molar-refractivity contribution in [3.63, 3.8) is 0 Å². The number of hydrogen-bond acceptors (Lipinski definition) is 5. The lowest BCUT2D eigenvalue weighted by Gasteiger charge is -2.17. The van der Waals surface area contributed by atoms with Crippen molar-refractivity contribution in [1.82, 2.24) is 10.2 Å². The van der Waals surface area contributed by atoms with Crippen molar-refractivity contribution in [3.05, 3.63) is 80.6 Å². The van der Waals surface area contributed by atoms with Crippen molar-refractivity contribution < 1.29 is 9.72 Å². The fourth-order valence-corrected chi connectivity index (χ4v) is 3.35. The van der Waals surface area contributed by atoms with Crippen LogP contribution in [0.25, 0.3) is 0 Å². The Morgan fingerprint density at radius 1 is 1.27 bits per heavy atom. The predicted octanol–water partition coefficient (Wildman–Crippen LogP) is 5.35. The van der Waals surface area contributed by atoms with Gasteiger partial charge in [0.15, 0.2) is 0 Å². The number of benzene rings is 2. The van der Waals surface area contributed by atoms with Crippen LogP contribution >= 0.6 is 11.6 Å². The number of rotatable bonds is 8. The molecule has 0 bridgehead atoms. The van der Waals surface area contributed by atoms with E-state index in [-0.39, 0.29) is 17.4 Å². The average molecular weight is 428 g/mol. The van der Waals surface area contributed by atoms with Crippen LogP contribution in [0.15, 0.2) is 48.5 Å². The van der Waals surface area contributed by atoms with Gasteiger partial charge in [-0.1, -0.05) is 55.3 Å². The molecule has 2 aromatic carbocycles. The first kappa shape index (κ1) is 21.3. The standard InChI is InChI=1S/C21H22ClN5O3/c1-3-7-18-20(27(29)30)19(26-25-18)21(28)24-15-10-11-17(16(22)12-15)23-13(2)14-8-5-4-6-9-14/h4-6,8-13,23H,3,7H2,1-2H3,(H,24,28)(H,25,26). The number of aryl methyl sites for hydroxylation is 1. The maximum atomic E-state index is 12.6. The number of amides is 1. The zero-order valence-electron chi connectivity index (χ0n) is 16.6. The maximum absolute atomic E-state index is 12.6. The topological polar surface area (TPSA) is 113 Å². The molecule has 156 valence electrons. The number of halogens is 1. The van der Waals surface area contributed by atoms with Crippen LogP contribution in [0.5, 0.6) is 0 Å². The number of nitrogens with one attached hydrogen (secondary N) is 3. The molecule has 0 aliphatic heterocycles. The normalized spacial score (nSPS) is 11.7. The smallest absolute Gasteiger partial charge is 0.322 e. The minimum Gasteiger partial charge on any atom is -0.377 e. The van der Waals surface area contributed by atoms with E-state index in [1.165, 1.54) is 0 Å². The monoisotopic (exact) mass is 427 g/mol. The van der Waals surface area contributed by atoms with Gasteiger partial charge in [-0.3, -0.25) is 20.0 Å². The summed E-state index contributed by atoms with van der Waals surface area (Å²) in [4.78, 5) is 23.4. The van der Waals surface area contributed by atoms with Gasteiger partial charge in [-0.25, -0.2) is 0 Å². The largest absolute Gasteiger partial charge is 0.377 e. The van der Waals surface area contributed by atoms with Crippen LogP contribution in [0, 0.1) is 10.1 Å². The number of anilines is 2. The Hall–Kier alpha value is -3.39. The Morgan fingerprint density at radius 2 is 2.00 bits per heavy atom. The number of nitro groups is 1. The van der Waals surface area contributed by atoms with Crippen molar-refractivity contribution in [2.75, 3.05) is 10.6 Å². The van der Waals surface area contributed by atoms with Gasteiger partial charge in [0.1, 0.15) is 5.69 Å². The first-order valence-corrected chi connectivity index (χ1v) is 9.92. The number of nitrogens with zero attached hydrogens (tertiary/aromatic N) is 2. The SMILES string of the molecule is CCCc1[nH]nc(C(=O)Nc2ccc(NC(C)c3ccccc3)c(Cl)c2)c1[N+](=O)[O-]. The molecule has 0 saturated heterocycles. The third-order valence-electron chi connectivity index (χ3n) is 4.61. The lowest BCUT2D eigenvalue weighted by molar-refractivity contribution is -0.385. The molecular weight excluding hydrogens is 406 g/mol. The van der Waals surface area contributed by atoms with Gasteiger partial charge in [0.05, 0.1) is 15.6 Å². The Labute approximate surface area is 178 Å². The lowest BCUT2D eigenvalue weighted by Crippen LogP contribution is -2.14. The Balaban J connectivity index is 1.74. The second-order valence-electron chi connectivity index (χ2n) is 6.83. The van der Waals surface area contributed by atoms with Crippen LogP contribution in [0.1, 0.15) is 48.1 Å². The summed E-state index contributed by atoms with van der Waals surface area (Å²) in [5.41, 5.74) is 2.02. The number of carbonyl (C=O) groups is 1. The molecule has 1 unspecified atom stereocenters. The zero-order valence-corrected chi connectivity index (χ0v) is 17.4. The number of aromatic amines is 1. The second-order valence-corrected chi connectivity index (χ2v) is 7.24. The quantitative estimate of drug-likeness (QED) is 0.331. The molecule has 3 aromatic rings. The molecule has 0 saturated carbocycles. The van der Waals surface area contributed by atoms with Gasteiger partial charge in [-0.05, 0) is 37.1 Å². The Kier molecular flexibility index (Phi) is 6.68. The number of aromatic nitrogens is 2. The molecule has 0 fully saturated rings. The molecule has 1 amide bonds. The van der Waals surface area contributed by atoms with E-state index in [0.717, 1.165) is 5.56 Å².